The van der Waals surface area contributed by atoms with Gasteiger partial charge in [-0.15, -0.1) is 12.4 Å². The smallest absolute Gasteiger partial charge is 0.253 e. The molecule has 2 aliphatic carbocycles. The van der Waals surface area contributed by atoms with Crippen LogP contribution < -0.4 is 21.1 Å². The predicted molar refractivity (Wildman–Crippen MR) is 94.7 cm³/mol. The van der Waals surface area contributed by atoms with Gasteiger partial charge in [-0.05, 0) is 50.3 Å². The van der Waals surface area contributed by atoms with Crippen molar-refractivity contribution in [3.8, 4) is 5.75 Å². The molecule has 0 aliphatic heterocycles. The normalized spacial score (nSPS) is 22.4. The summed E-state index contributed by atoms with van der Waals surface area (Å²) in [7, 11) is 1.55. The molecule has 6 nitrogen and oxygen atoms in total. The summed E-state index contributed by atoms with van der Waals surface area (Å²) in [5.41, 5.74) is 6.83. The van der Waals surface area contributed by atoms with Gasteiger partial charge >= 0.3 is 0 Å². The summed E-state index contributed by atoms with van der Waals surface area (Å²) in [4.78, 5) is 24.8. The van der Waals surface area contributed by atoms with E-state index in [-0.39, 0.29) is 42.2 Å². The molecule has 24 heavy (non-hydrogen) atoms. The zero-order chi connectivity index (χ0) is 16.4. The molecule has 0 heterocycles. The number of hydrogen-bond donors (Lipinski definition) is 3. The summed E-state index contributed by atoms with van der Waals surface area (Å²) in [5, 5.41) is 5.83. The number of carbonyl (C=O) groups is 2. The van der Waals surface area contributed by atoms with Crippen LogP contribution in [-0.2, 0) is 4.79 Å². The third-order valence-corrected chi connectivity index (χ3v) is 4.49. The molecule has 2 unspecified atom stereocenters. The minimum Gasteiger partial charge on any atom is -0.497 e. The van der Waals surface area contributed by atoms with Gasteiger partial charge in [-0.2, -0.15) is 0 Å². The van der Waals surface area contributed by atoms with Crippen LogP contribution >= 0.6 is 12.4 Å². The third-order valence-electron chi connectivity index (χ3n) is 4.49. The summed E-state index contributed by atoms with van der Waals surface area (Å²) in [5.74, 6) is 0.270. The first kappa shape index (κ1) is 18.5. The zero-order valence-electron chi connectivity index (χ0n) is 13.7. The van der Waals surface area contributed by atoms with E-state index in [4.69, 9.17) is 10.5 Å². The van der Waals surface area contributed by atoms with Crippen molar-refractivity contribution in [2.24, 2.45) is 11.7 Å². The fraction of sp³-hybridized carbons (Fsp3) is 0.529. The number of halogens is 1. The maximum absolute atomic E-state index is 12.4. The molecule has 0 radical (unpaired) electrons. The van der Waals surface area contributed by atoms with Crippen molar-refractivity contribution in [3.63, 3.8) is 0 Å². The van der Waals surface area contributed by atoms with Crippen molar-refractivity contribution in [1.82, 2.24) is 5.32 Å². The molecular weight excluding hydrogens is 330 g/mol. The summed E-state index contributed by atoms with van der Waals surface area (Å²) < 4.78 is 5.19. The molecular formula is C17H24ClN3O3. The highest BCUT2D eigenvalue weighted by atomic mass is 35.5. The minimum atomic E-state index is -0.176. The van der Waals surface area contributed by atoms with Crippen molar-refractivity contribution in [2.45, 2.75) is 44.2 Å². The lowest BCUT2D eigenvalue weighted by atomic mass is 10.1. The molecule has 2 saturated carbocycles. The van der Waals surface area contributed by atoms with Gasteiger partial charge in [-0.1, -0.05) is 0 Å². The Morgan fingerprint density at radius 3 is 2.54 bits per heavy atom. The molecule has 0 spiro atoms. The lowest BCUT2D eigenvalue weighted by Crippen LogP contribution is -2.28. The van der Waals surface area contributed by atoms with Crippen molar-refractivity contribution in [3.05, 3.63) is 23.8 Å². The fourth-order valence-corrected chi connectivity index (χ4v) is 2.93. The van der Waals surface area contributed by atoms with Gasteiger partial charge in [-0.3, -0.25) is 9.59 Å². The largest absolute Gasteiger partial charge is 0.497 e. The molecule has 7 heteroatoms. The molecule has 0 saturated heterocycles. The fourth-order valence-electron chi connectivity index (χ4n) is 2.93. The monoisotopic (exact) mass is 353 g/mol. The molecule has 1 aromatic rings. The van der Waals surface area contributed by atoms with E-state index in [1.807, 2.05) is 0 Å². The topological polar surface area (TPSA) is 93.4 Å². The van der Waals surface area contributed by atoms with Crippen molar-refractivity contribution in [1.29, 1.82) is 0 Å². The van der Waals surface area contributed by atoms with Crippen LogP contribution in [0.15, 0.2) is 18.2 Å². The van der Waals surface area contributed by atoms with Gasteiger partial charge in [0.25, 0.3) is 5.91 Å². The summed E-state index contributed by atoms with van der Waals surface area (Å²) in [6.07, 6.45) is 4.39. The highest BCUT2D eigenvalue weighted by Gasteiger charge is 2.29. The van der Waals surface area contributed by atoms with Crippen LogP contribution in [0.1, 0.15) is 42.5 Å². The van der Waals surface area contributed by atoms with Gasteiger partial charge < -0.3 is 21.1 Å². The van der Waals surface area contributed by atoms with Crippen LogP contribution in [0.5, 0.6) is 5.75 Å². The van der Waals surface area contributed by atoms with Gasteiger partial charge in [0, 0.05) is 18.0 Å². The Balaban J connectivity index is 0.00000208. The van der Waals surface area contributed by atoms with Gasteiger partial charge in [-0.25, -0.2) is 0 Å². The number of carbonyl (C=O) groups excluding carboxylic acids is 2. The third kappa shape index (κ3) is 4.39. The molecule has 0 aromatic heterocycles. The van der Waals surface area contributed by atoms with Crippen LogP contribution in [-0.4, -0.2) is 31.0 Å². The number of ether oxygens (including phenoxy) is 1. The molecule has 2 aliphatic rings. The number of anilines is 1. The average Bonchev–Trinajstić information content (AvgIpc) is 3.25. The van der Waals surface area contributed by atoms with Gasteiger partial charge in [0.05, 0.1) is 18.4 Å². The second-order valence-corrected chi connectivity index (χ2v) is 6.42. The Morgan fingerprint density at radius 2 is 1.96 bits per heavy atom. The first-order chi connectivity index (χ1) is 11.1. The molecule has 1 aromatic carbocycles. The summed E-state index contributed by atoms with van der Waals surface area (Å²) >= 11 is 0. The Labute approximate surface area is 147 Å². The second kappa shape index (κ2) is 7.85. The maximum Gasteiger partial charge on any atom is 0.253 e. The average molecular weight is 354 g/mol. The van der Waals surface area contributed by atoms with Gasteiger partial charge in [0.15, 0.2) is 0 Å². The maximum atomic E-state index is 12.4. The lowest BCUT2D eigenvalue weighted by Gasteiger charge is -2.15. The highest BCUT2D eigenvalue weighted by molar-refractivity contribution is 6.04. The van der Waals surface area contributed by atoms with Crippen LogP contribution in [0.3, 0.4) is 0 Å². The van der Waals surface area contributed by atoms with Gasteiger partial charge in [0.1, 0.15) is 5.75 Å². The van der Waals surface area contributed by atoms with E-state index in [2.05, 4.69) is 10.6 Å². The molecule has 3 rings (SSSR count). The van der Waals surface area contributed by atoms with E-state index in [9.17, 15) is 9.59 Å². The molecule has 2 fully saturated rings. The van der Waals surface area contributed by atoms with Crippen molar-refractivity contribution in [2.75, 3.05) is 12.4 Å². The SMILES string of the molecule is COc1ccc(NC(=O)C2CCC(N)C2)c(C(=O)NC2CC2)c1.Cl. The first-order valence-electron chi connectivity index (χ1n) is 8.12. The number of nitrogens with one attached hydrogen (secondary N) is 2. The second-order valence-electron chi connectivity index (χ2n) is 6.42. The van der Waals surface area contributed by atoms with Crippen LogP contribution in [0.2, 0.25) is 0 Å². The van der Waals surface area contributed by atoms with E-state index in [1.165, 1.54) is 0 Å². The van der Waals surface area contributed by atoms with E-state index < -0.39 is 0 Å². The number of hydrogen-bond acceptors (Lipinski definition) is 4. The quantitative estimate of drug-likeness (QED) is 0.755. The number of benzene rings is 1. The standard InChI is InChI=1S/C17H23N3O3.ClH/c1-23-13-6-7-15(14(9-13)17(22)19-12-4-5-12)20-16(21)10-2-3-11(18)8-10;/h6-7,9-12H,2-5,8,18H2,1H3,(H,19,22)(H,20,21);1H. The number of methoxy groups -OCH3 is 1. The van der Waals surface area contributed by atoms with Crippen LogP contribution in [0.4, 0.5) is 5.69 Å². The van der Waals surface area contributed by atoms with E-state index in [0.29, 0.717) is 23.4 Å². The Bertz CT molecular complexity index is 619. The molecule has 4 N–H and O–H groups in total. The molecule has 2 atom stereocenters. The van der Waals surface area contributed by atoms with E-state index in [1.54, 1.807) is 25.3 Å². The molecule has 2 amide bonds. The predicted octanol–water partition coefficient (Wildman–Crippen LogP) is 2.08. The molecule has 0 bridgehead atoms. The number of nitrogens with two attached hydrogens (primary N) is 1. The first-order valence-corrected chi connectivity index (χ1v) is 8.12. The zero-order valence-corrected chi connectivity index (χ0v) is 14.5. The summed E-state index contributed by atoms with van der Waals surface area (Å²) in [6, 6.07) is 5.47. The van der Waals surface area contributed by atoms with E-state index >= 15 is 0 Å². The van der Waals surface area contributed by atoms with Crippen LogP contribution in [0.25, 0.3) is 0 Å². The summed E-state index contributed by atoms with van der Waals surface area (Å²) in [6.45, 7) is 0. The Hall–Kier alpha value is -1.79. The van der Waals surface area contributed by atoms with Gasteiger partial charge in [0.2, 0.25) is 5.91 Å². The molecule has 132 valence electrons. The van der Waals surface area contributed by atoms with E-state index in [0.717, 1.165) is 25.7 Å². The minimum absolute atomic E-state index is 0. The number of rotatable bonds is 5. The Kier molecular flexibility index (Phi) is 6.07. The van der Waals surface area contributed by atoms with Crippen molar-refractivity contribution < 1.29 is 14.3 Å². The van der Waals surface area contributed by atoms with Crippen LogP contribution in [0, 0.1) is 5.92 Å². The number of amides is 2. The van der Waals surface area contributed by atoms with Crippen molar-refractivity contribution >= 4 is 29.9 Å². The Morgan fingerprint density at radius 1 is 1.21 bits per heavy atom. The lowest BCUT2D eigenvalue weighted by molar-refractivity contribution is -0.119. The highest BCUT2D eigenvalue weighted by Crippen LogP contribution is 2.28.